The molecular formula is C19H27NO2. The van der Waals surface area contributed by atoms with Crippen LogP contribution in [0.3, 0.4) is 0 Å². The average molecular weight is 301 g/mol. The number of allylic oxidation sites excluding steroid dienone is 3. The molecular weight excluding hydrogens is 274 g/mol. The molecule has 0 aromatic rings. The molecule has 3 nitrogen and oxygen atoms in total. The number of carbonyl (C=O) groups is 1. The van der Waals surface area contributed by atoms with Crippen molar-refractivity contribution in [2.45, 2.75) is 53.4 Å². The highest BCUT2D eigenvalue weighted by Gasteiger charge is 2.39. The van der Waals surface area contributed by atoms with Gasteiger partial charge in [-0.3, -0.25) is 10.2 Å². The molecule has 1 fully saturated rings. The number of rotatable bonds is 4. The second-order valence-electron chi connectivity index (χ2n) is 7.47. The molecule has 120 valence electrons. The van der Waals surface area contributed by atoms with Crippen molar-refractivity contribution in [2.75, 3.05) is 7.11 Å². The second-order valence-corrected chi connectivity index (χ2v) is 7.47. The van der Waals surface area contributed by atoms with Crippen LogP contribution in [0.15, 0.2) is 34.4 Å². The summed E-state index contributed by atoms with van der Waals surface area (Å²) in [7, 11) is 1.50. The van der Waals surface area contributed by atoms with E-state index in [0.29, 0.717) is 12.3 Å². The van der Waals surface area contributed by atoms with Crippen LogP contribution in [0, 0.1) is 16.7 Å². The minimum atomic E-state index is 0.0253. The predicted octanol–water partition coefficient (Wildman–Crippen LogP) is 4.60. The predicted molar refractivity (Wildman–Crippen MR) is 90.0 cm³/mol. The van der Waals surface area contributed by atoms with Gasteiger partial charge in [-0.2, -0.15) is 0 Å². The molecule has 0 aromatic carbocycles. The standard InChI is InChI=1S/C19H27NO2/c1-11(2)15(18(20)22-6)17(13-7-8-13)16-12(3)9-19(4,5)10-14(16)21/h13,20H,1,7-10H2,2-6H3/b17-15+,20-18?. The molecule has 0 spiro atoms. The van der Waals surface area contributed by atoms with Crippen LogP contribution in [-0.2, 0) is 9.53 Å². The van der Waals surface area contributed by atoms with Gasteiger partial charge in [0.15, 0.2) is 5.78 Å². The van der Waals surface area contributed by atoms with Gasteiger partial charge in [-0.15, -0.1) is 0 Å². The third kappa shape index (κ3) is 3.23. The number of hydrogen-bond donors (Lipinski definition) is 1. The summed E-state index contributed by atoms with van der Waals surface area (Å²) in [5, 5.41) is 8.13. The molecule has 1 saturated carbocycles. The molecule has 0 unspecified atom stereocenters. The van der Waals surface area contributed by atoms with Crippen molar-refractivity contribution in [1.82, 2.24) is 0 Å². The van der Waals surface area contributed by atoms with E-state index in [-0.39, 0.29) is 17.1 Å². The topological polar surface area (TPSA) is 50.1 Å². The summed E-state index contributed by atoms with van der Waals surface area (Å²) in [6.07, 6.45) is 3.65. The number of carbonyl (C=O) groups excluding carboxylic acids is 1. The first-order valence-electron chi connectivity index (χ1n) is 7.94. The zero-order chi connectivity index (χ0) is 16.7. The fraction of sp³-hybridized carbons (Fsp3) is 0.579. The van der Waals surface area contributed by atoms with Crippen molar-refractivity contribution in [1.29, 1.82) is 5.41 Å². The smallest absolute Gasteiger partial charge is 0.213 e. The van der Waals surface area contributed by atoms with Crippen LogP contribution >= 0.6 is 0 Å². The Hall–Kier alpha value is -1.64. The maximum Gasteiger partial charge on any atom is 0.213 e. The van der Waals surface area contributed by atoms with Crippen molar-refractivity contribution in [2.24, 2.45) is 11.3 Å². The van der Waals surface area contributed by atoms with Gasteiger partial charge in [0.25, 0.3) is 0 Å². The number of Topliss-reactive ketones (excluding diaryl/α,β-unsaturated/α-hetero) is 1. The molecule has 0 atom stereocenters. The molecule has 0 saturated heterocycles. The van der Waals surface area contributed by atoms with Crippen LogP contribution in [0.2, 0.25) is 0 Å². The van der Waals surface area contributed by atoms with Gasteiger partial charge in [0.2, 0.25) is 5.90 Å². The number of nitrogens with one attached hydrogen (secondary N) is 1. The van der Waals surface area contributed by atoms with Crippen molar-refractivity contribution in [3.8, 4) is 0 Å². The molecule has 0 bridgehead atoms. The van der Waals surface area contributed by atoms with E-state index in [1.54, 1.807) is 0 Å². The Morgan fingerprint density at radius 2 is 1.91 bits per heavy atom. The number of methoxy groups -OCH3 is 1. The van der Waals surface area contributed by atoms with Gasteiger partial charge in [0.05, 0.1) is 7.11 Å². The third-order valence-corrected chi connectivity index (χ3v) is 4.47. The zero-order valence-corrected chi connectivity index (χ0v) is 14.4. The first kappa shape index (κ1) is 16.7. The monoisotopic (exact) mass is 301 g/mol. The van der Waals surface area contributed by atoms with E-state index in [2.05, 4.69) is 27.4 Å². The fourth-order valence-electron chi connectivity index (χ4n) is 3.56. The Balaban J connectivity index is 2.64. The minimum Gasteiger partial charge on any atom is -0.481 e. The number of ketones is 1. The van der Waals surface area contributed by atoms with Crippen molar-refractivity contribution >= 4 is 11.7 Å². The lowest BCUT2D eigenvalue weighted by molar-refractivity contribution is -0.117. The van der Waals surface area contributed by atoms with Crippen molar-refractivity contribution < 1.29 is 9.53 Å². The summed E-state index contributed by atoms with van der Waals surface area (Å²) >= 11 is 0. The van der Waals surface area contributed by atoms with Gasteiger partial charge in [0, 0.05) is 17.6 Å². The van der Waals surface area contributed by atoms with Crippen molar-refractivity contribution in [3.05, 3.63) is 34.4 Å². The largest absolute Gasteiger partial charge is 0.481 e. The summed E-state index contributed by atoms with van der Waals surface area (Å²) in [6.45, 7) is 12.2. The Morgan fingerprint density at radius 3 is 2.32 bits per heavy atom. The summed E-state index contributed by atoms with van der Waals surface area (Å²) in [6, 6.07) is 0. The lowest BCUT2D eigenvalue weighted by Gasteiger charge is -2.32. The highest BCUT2D eigenvalue weighted by molar-refractivity contribution is 6.06. The van der Waals surface area contributed by atoms with E-state index >= 15 is 0 Å². The van der Waals surface area contributed by atoms with Crippen LogP contribution < -0.4 is 0 Å². The Labute approximate surface area is 133 Å². The van der Waals surface area contributed by atoms with E-state index in [1.165, 1.54) is 7.11 Å². The van der Waals surface area contributed by atoms with Crippen LogP contribution in [-0.4, -0.2) is 18.8 Å². The van der Waals surface area contributed by atoms with E-state index < -0.39 is 0 Å². The molecule has 22 heavy (non-hydrogen) atoms. The summed E-state index contributed by atoms with van der Waals surface area (Å²) in [4.78, 5) is 12.8. The summed E-state index contributed by atoms with van der Waals surface area (Å²) in [5.74, 6) is 0.697. The molecule has 0 heterocycles. The summed E-state index contributed by atoms with van der Waals surface area (Å²) < 4.78 is 5.17. The van der Waals surface area contributed by atoms with E-state index in [1.807, 2.05) is 6.92 Å². The Bertz CT molecular complexity index is 601. The van der Waals surface area contributed by atoms with E-state index in [4.69, 9.17) is 10.1 Å². The molecule has 0 radical (unpaired) electrons. The third-order valence-electron chi connectivity index (χ3n) is 4.47. The molecule has 2 rings (SSSR count). The first-order chi connectivity index (χ1) is 10.2. The van der Waals surface area contributed by atoms with E-state index in [9.17, 15) is 4.79 Å². The Morgan fingerprint density at radius 1 is 1.32 bits per heavy atom. The maximum absolute atomic E-state index is 12.8. The molecule has 2 aliphatic rings. The molecule has 2 aliphatic carbocycles. The lowest BCUT2D eigenvalue weighted by Crippen LogP contribution is -2.27. The normalized spacial score (nSPS) is 22.3. The van der Waals surface area contributed by atoms with Gasteiger partial charge in [-0.05, 0) is 55.6 Å². The van der Waals surface area contributed by atoms with Crippen LogP contribution in [0.25, 0.3) is 0 Å². The number of ether oxygens (including phenoxy) is 1. The van der Waals surface area contributed by atoms with Gasteiger partial charge in [-0.25, -0.2) is 0 Å². The maximum atomic E-state index is 12.8. The Kier molecular flexibility index (Phi) is 4.46. The first-order valence-corrected chi connectivity index (χ1v) is 7.94. The number of hydrogen-bond acceptors (Lipinski definition) is 3. The highest BCUT2D eigenvalue weighted by atomic mass is 16.5. The molecule has 1 N–H and O–H groups in total. The van der Waals surface area contributed by atoms with Crippen LogP contribution in [0.1, 0.15) is 53.4 Å². The molecule has 3 heteroatoms. The fourth-order valence-corrected chi connectivity index (χ4v) is 3.56. The van der Waals surface area contributed by atoms with Crippen LogP contribution in [0.5, 0.6) is 0 Å². The van der Waals surface area contributed by atoms with E-state index in [0.717, 1.165) is 47.1 Å². The second kappa shape index (κ2) is 5.86. The molecule has 0 amide bonds. The van der Waals surface area contributed by atoms with Gasteiger partial charge < -0.3 is 4.74 Å². The average Bonchev–Trinajstić information content (AvgIpc) is 3.18. The van der Waals surface area contributed by atoms with Crippen LogP contribution in [0.4, 0.5) is 0 Å². The zero-order valence-electron chi connectivity index (χ0n) is 14.4. The van der Waals surface area contributed by atoms with Gasteiger partial charge >= 0.3 is 0 Å². The highest BCUT2D eigenvalue weighted by Crippen LogP contribution is 2.48. The van der Waals surface area contributed by atoms with Gasteiger partial charge in [-0.1, -0.05) is 26.0 Å². The summed E-state index contributed by atoms with van der Waals surface area (Å²) in [5.41, 5.74) is 4.56. The molecule has 0 aliphatic heterocycles. The lowest BCUT2D eigenvalue weighted by atomic mass is 9.71. The van der Waals surface area contributed by atoms with Crippen molar-refractivity contribution in [3.63, 3.8) is 0 Å². The SMILES string of the molecule is C=C(C)/C(C(=N)OC)=C(\C1=C(C)CC(C)(C)CC1=O)C1CC1. The van der Waals surface area contributed by atoms with Gasteiger partial charge in [0.1, 0.15) is 0 Å². The minimum absolute atomic E-state index is 0.0253. The molecule has 0 aromatic heterocycles. The quantitative estimate of drug-likeness (QED) is 0.469.